The molecule has 0 bridgehead atoms. The van der Waals surface area contributed by atoms with E-state index in [4.69, 9.17) is 16.9 Å². The van der Waals surface area contributed by atoms with E-state index in [1.165, 1.54) is 0 Å². The van der Waals surface area contributed by atoms with Gasteiger partial charge in [-0.1, -0.05) is 34.5 Å². The third kappa shape index (κ3) is 2.46. The Balaban J connectivity index is 3.13. The van der Waals surface area contributed by atoms with Crippen LogP contribution in [0.1, 0.15) is 24.8 Å². The quantitative estimate of drug-likeness (QED) is 0.783. The van der Waals surface area contributed by atoms with E-state index in [1.54, 1.807) is 6.07 Å². The van der Waals surface area contributed by atoms with Crippen LogP contribution in [0.15, 0.2) is 22.7 Å². The van der Waals surface area contributed by atoms with Crippen molar-refractivity contribution in [3.05, 3.63) is 33.3 Å². The van der Waals surface area contributed by atoms with Crippen molar-refractivity contribution in [1.82, 2.24) is 0 Å². The van der Waals surface area contributed by atoms with Crippen molar-refractivity contribution in [2.45, 2.75) is 19.3 Å². The summed E-state index contributed by atoms with van der Waals surface area (Å²) in [5, 5.41) is 9.55. The van der Waals surface area contributed by atoms with Crippen molar-refractivity contribution in [2.75, 3.05) is 0 Å². The van der Waals surface area contributed by atoms with Crippen molar-refractivity contribution < 1.29 is 0 Å². The normalized spacial score (nSPS) is 12.2. The highest BCUT2D eigenvalue weighted by atomic mass is 79.9. The second-order valence-electron chi connectivity index (χ2n) is 2.76. The van der Waals surface area contributed by atoms with Gasteiger partial charge >= 0.3 is 0 Å². The highest BCUT2D eigenvalue weighted by molar-refractivity contribution is 9.10. The maximum atomic E-state index is 8.88. The largest absolute Gasteiger partial charge is 0.198 e. The molecule has 0 heterocycles. The summed E-state index contributed by atoms with van der Waals surface area (Å²) in [6.07, 6.45) is 0.801. The van der Waals surface area contributed by atoms with E-state index in [1.807, 2.05) is 19.1 Å². The van der Waals surface area contributed by atoms with Gasteiger partial charge < -0.3 is 0 Å². The minimum Gasteiger partial charge on any atom is -0.198 e. The Morgan fingerprint density at radius 2 is 2.31 bits per heavy atom. The molecule has 1 aromatic rings. The van der Waals surface area contributed by atoms with Gasteiger partial charge in [-0.25, -0.2) is 0 Å². The molecule has 0 amide bonds. The number of benzene rings is 1. The smallest absolute Gasteiger partial charge is 0.0721 e. The van der Waals surface area contributed by atoms with Gasteiger partial charge in [-0.05, 0) is 30.2 Å². The molecule has 3 heteroatoms. The van der Waals surface area contributed by atoms with Gasteiger partial charge in [0.05, 0.1) is 12.0 Å². The number of nitriles is 1. The average Bonchev–Trinajstić information content (AvgIpc) is 2.13. The molecule has 1 nitrogen and oxygen atoms in total. The van der Waals surface area contributed by atoms with E-state index in [-0.39, 0.29) is 5.92 Å². The zero-order chi connectivity index (χ0) is 9.84. The first-order valence-corrected chi connectivity index (χ1v) is 5.20. The van der Waals surface area contributed by atoms with Crippen LogP contribution in [0.25, 0.3) is 0 Å². The second kappa shape index (κ2) is 4.64. The zero-order valence-corrected chi connectivity index (χ0v) is 9.56. The van der Waals surface area contributed by atoms with Crippen LogP contribution in [0, 0.1) is 11.3 Å². The van der Waals surface area contributed by atoms with Crippen molar-refractivity contribution in [1.29, 1.82) is 5.26 Å². The van der Waals surface area contributed by atoms with Crippen LogP contribution in [0.2, 0.25) is 5.02 Å². The topological polar surface area (TPSA) is 23.8 Å². The Labute approximate surface area is 91.5 Å². The van der Waals surface area contributed by atoms with E-state index in [9.17, 15) is 0 Å². The summed E-state index contributed by atoms with van der Waals surface area (Å²) < 4.78 is 0.949. The monoisotopic (exact) mass is 257 g/mol. The molecule has 1 unspecified atom stereocenters. The first-order chi connectivity index (χ1) is 6.19. The molecule has 0 saturated heterocycles. The van der Waals surface area contributed by atoms with Gasteiger partial charge in [-0.2, -0.15) is 5.26 Å². The number of nitrogens with zero attached hydrogens (tertiary/aromatic N) is 1. The van der Waals surface area contributed by atoms with E-state index in [0.717, 1.165) is 16.5 Å². The van der Waals surface area contributed by atoms with Gasteiger partial charge in [-0.15, -0.1) is 0 Å². The summed E-state index contributed by atoms with van der Waals surface area (Å²) in [4.78, 5) is 0. The van der Waals surface area contributed by atoms with Gasteiger partial charge in [0.2, 0.25) is 0 Å². The van der Waals surface area contributed by atoms with Crippen LogP contribution < -0.4 is 0 Å². The molecular formula is C10H9BrClN. The first-order valence-electron chi connectivity index (χ1n) is 4.03. The van der Waals surface area contributed by atoms with E-state index in [0.29, 0.717) is 5.02 Å². The van der Waals surface area contributed by atoms with Crippen LogP contribution >= 0.6 is 27.5 Å². The van der Waals surface area contributed by atoms with E-state index >= 15 is 0 Å². The van der Waals surface area contributed by atoms with Gasteiger partial charge in [0.25, 0.3) is 0 Å². The summed E-state index contributed by atoms with van der Waals surface area (Å²) in [5.74, 6) is -0.0759. The molecule has 13 heavy (non-hydrogen) atoms. The number of hydrogen-bond donors (Lipinski definition) is 0. The zero-order valence-electron chi connectivity index (χ0n) is 7.22. The highest BCUT2D eigenvalue weighted by Crippen LogP contribution is 2.29. The Hall–Kier alpha value is -0.520. The summed E-state index contributed by atoms with van der Waals surface area (Å²) in [7, 11) is 0. The minimum absolute atomic E-state index is 0.0759. The van der Waals surface area contributed by atoms with E-state index in [2.05, 4.69) is 22.0 Å². The summed E-state index contributed by atoms with van der Waals surface area (Å²) >= 11 is 9.25. The lowest BCUT2D eigenvalue weighted by Crippen LogP contribution is -1.94. The lowest BCUT2D eigenvalue weighted by Gasteiger charge is -2.08. The van der Waals surface area contributed by atoms with Gasteiger partial charge in [0.15, 0.2) is 0 Å². The molecule has 68 valence electrons. The molecule has 0 N–H and O–H groups in total. The Bertz CT molecular complexity index is 343. The summed E-state index contributed by atoms with van der Waals surface area (Å²) in [6, 6.07) is 7.76. The van der Waals surface area contributed by atoms with Crippen molar-refractivity contribution in [3.8, 4) is 6.07 Å². The Morgan fingerprint density at radius 1 is 1.62 bits per heavy atom. The maximum absolute atomic E-state index is 8.88. The first kappa shape index (κ1) is 10.6. The molecule has 0 aromatic heterocycles. The molecule has 0 aliphatic rings. The minimum atomic E-state index is -0.0759. The SMILES string of the molecule is CCC(C#N)c1cc(Cl)ccc1Br. The van der Waals surface area contributed by atoms with Gasteiger partial charge in [-0.3, -0.25) is 0 Å². The molecule has 0 aliphatic heterocycles. The lowest BCUT2D eigenvalue weighted by molar-refractivity contribution is 0.814. The van der Waals surface area contributed by atoms with Gasteiger partial charge in [0.1, 0.15) is 0 Å². The molecule has 0 saturated carbocycles. The summed E-state index contributed by atoms with van der Waals surface area (Å²) in [6.45, 7) is 1.99. The standard InChI is InChI=1S/C10H9BrClN/c1-2-7(6-13)9-5-8(12)3-4-10(9)11/h3-5,7H,2H2,1H3. The van der Waals surface area contributed by atoms with Crippen LogP contribution in [0.3, 0.4) is 0 Å². The Morgan fingerprint density at radius 3 is 2.85 bits per heavy atom. The third-order valence-corrected chi connectivity index (χ3v) is 2.85. The molecule has 1 atom stereocenters. The fraction of sp³-hybridized carbons (Fsp3) is 0.300. The molecule has 0 radical (unpaired) electrons. The highest BCUT2D eigenvalue weighted by Gasteiger charge is 2.11. The van der Waals surface area contributed by atoms with Crippen molar-refractivity contribution in [2.24, 2.45) is 0 Å². The molecule has 1 aromatic carbocycles. The van der Waals surface area contributed by atoms with Crippen LogP contribution in [-0.4, -0.2) is 0 Å². The van der Waals surface area contributed by atoms with Gasteiger partial charge in [0, 0.05) is 9.50 Å². The number of halogens is 2. The van der Waals surface area contributed by atoms with Crippen LogP contribution in [-0.2, 0) is 0 Å². The average molecular weight is 259 g/mol. The molecule has 1 rings (SSSR count). The number of rotatable bonds is 2. The van der Waals surface area contributed by atoms with Crippen LogP contribution in [0.4, 0.5) is 0 Å². The Kier molecular flexibility index (Phi) is 3.77. The molecular weight excluding hydrogens is 249 g/mol. The maximum Gasteiger partial charge on any atom is 0.0721 e. The predicted molar refractivity (Wildman–Crippen MR) is 57.8 cm³/mol. The third-order valence-electron chi connectivity index (χ3n) is 1.90. The lowest BCUT2D eigenvalue weighted by atomic mass is 9.98. The molecule has 0 spiro atoms. The molecule has 0 aliphatic carbocycles. The van der Waals surface area contributed by atoms with E-state index < -0.39 is 0 Å². The predicted octanol–water partition coefficient (Wildman–Crippen LogP) is 4.12. The van der Waals surface area contributed by atoms with Crippen molar-refractivity contribution in [3.63, 3.8) is 0 Å². The number of hydrogen-bond acceptors (Lipinski definition) is 1. The summed E-state index contributed by atoms with van der Waals surface area (Å²) in [5.41, 5.74) is 0.970. The second-order valence-corrected chi connectivity index (χ2v) is 4.05. The fourth-order valence-corrected chi connectivity index (χ4v) is 1.87. The molecule has 0 fully saturated rings. The fourth-order valence-electron chi connectivity index (χ4n) is 1.16. The van der Waals surface area contributed by atoms with Crippen molar-refractivity contribution >= 4 is 27.5 Å². The van der Waals surface area contributed by atoms with Crippen LogP contribution in [0.5, 0.6) is 0 Å².